The SMILES string of the molecule is COc1ccc2c(c1)CC(NC1CCC(SC)CC1)CC2. The van der Waals surface area contributed by atoms with Gasteiger partial charge in [0, 0.05) is 17.3 Å². The molecule has 21 heavy (non-hydrogen) atoms. The highest BCUT2D eigenvalue weighted by Crippen LogP contribution is 2.29. The number of methoxy groups -OCH3 is 1. The Morgan fingerprint density at radius 1 is 1.05 bits per heavy atom. The zero-order chi connectivity index (χ0) is 14.7. The minimum Gasteiger partial charge on any atom is -0.497 e. The van der Waals surface area contributed by atoms with Crippen molar-refractivity contribution in [3.63, 3.8) is 0 Å². The molecule has 0 aromatic heterocycles. The Hall–Kier alpha value is -0.670. The molecule has 116 valence electrons. The van der Waals surface area contributed by atoms with Crippen LogP contribution in [-0.4, -0.2) is 30.7 Å². The number of aryl methyl sites for hydroxylation is 1. The molecule has 2 aliphatic rings. The largest absolute Gasteiger partial charge is 0.497 e. The number of nitrogens with one attached hydrogen (secondary N) is 1. The molecule has 1 atom stereocenters. The van der Waals surface area contributed by atoms with Crippen molar-refractivity contribution in [2.24, 2.45) is 0 Å². The van der Waals surface area contributed by atoms with Crippen molar-refractivity contribution < 1.29 is 4.74 Å². The maximum atomic E-state index is 5.37. The lowest BCUT2D eigenvalue weighted by Crippen LogP contribution is -2.43. The summed E-state index contributed by atoms with van der Waals surface area (Å²) in [7, 11) is 1.75. The average Bonchev–Trinajstić information content (AvgIpc) is 2.55. The summed E-state index contributed by atoms with van der Waals surface area (Å²) in [5.74, 6) is 0.995. The highest BCUT2D eigenvalue weighted by Gasteiger charge is 2.25. The first kappa shape index (κ1) is 15.2. The van der Waals surface area contributed by atoms with Crippen LogP contribution in [0.15, 0.2) is 18.2 Å². The zero-order valence-electron chi connectivity index (χ0n) is 13.2. The van der Waals surface area contributed by atoms with Crippen molar-refractivity contribution in [2.75, 3.05) is 13.4 Å². The summed E-state index contributed by atoms with van der Waals surface area (Å²) in [5.41, 5.74) is 3.00. The van der Waals surface area contributed by atoms with E-state index in [-0.39, 0.29) is 0 Å². The molecular formula is C18H27NOS. The smallest absolute Gasteiger partial charge is 0.119 e. The molecule has 0 amide bonds. The first-order valence-electron chi connectivity index (χ1n) is 8.23. The van der Waals surface area contributed by atoms with Gasteiger partial charge in [-0.05, 0) is 74.5 Å². The lowest BCUT2D eigenvalue weighted by molar-refractivity contribution is 0.324. The van der Waals surface area contributed by atoms with E-state index in [1.165, 1.54) is 49.7 Å². The average molecular weight is 305 g/mol. The third kappa shape index (κ3) is 3.75. The Bertz CT molecular complexity index is 468. The fourth-order valence-corrected chi connectivity index (χ4v) is 4.54. The molecule has 1 fully saturated rings. The monoisotopic (exact) mass is 305 g/mol. The fourth-order valence-electron chi connectivity index (χ4n) is 3.80. The van der Waals surface area contributed by atoms with Gasteiger partial charge in [-0.2, -0.15) is 11.8 Å². The van der Waals surface area contributed by atoms with Crippen molar-refractivity contribution in [1.82, 2.24) is 5.32 Å². The number of benzene rings is 1. The number of hydrogen-bond acceptors (Lipinski definition) is 3. The number of ether oxygens (including phenoxy) is 1. The van der Waals surface area contributed by atoms with Crippen LogP contribution < -0.4 is 10.1 Å². The molecular weight excluding hydrogens is 278 g/mol. The normalized spacial score (nSPS) is 29.0. The summed E-state index contributed by atoms with van der Waals surface area (Å²) in [6, 6.07) is 7.96. The Labute approximate surface area is 133 Å². The van der Waals surface area contributed by atoms with Crippen molar-refractivity contribution in [3.8, 4) is 5.75 Å². The number of fused-ring (bicyclic) bond motifs is 1. The van der Waals surface area contributed by atoms with Crippen LogP contribution in [0.5, 0.6) is 5.75 Å². The van der Waals surface area contributed by atoms with Gasteiger partial charge in [0.15, 0.2) is 0 Å². The molecule has 0 heterocycles. The predicted octanol–water partition coefficient (Wildman–Crippen LogP) is 3.82. The molecule has 2 aliphatic carbocycles. The summed E-state index contributed by atoms with van der Waals surface area (Å²) >= 11 is 2.05. The van der Waals surface area contributed by atoms with Gasteiger partial charge in [-0.3, -0.25) is 0 Å². The van der Waals surface area contributed by atoms with Crippen LogP contribution in [0.3, 0.4) is 0 Å². The quantitative estimate of drug-likeness (QED) is 0.914. The molecule has 2 nitrogen and oxygen atoms in total. The van der Waals surface area contributed by atoms with Gasteiger partial charge >= 0.3 is 0 Å². The molecule has 1 saturated carbocycles. The summed E-state index contributed by atoms with van der Waals surface area (Å²) < 4.78 is 5.37. The zero-order valence-corrected chi connectivity index (χ0v) is 14.0. The van der Waals surface area contributed by atoms with Crippen molar-refractivity contribution in [3.05, 3.63) is 29.3 Å². The van der Waals surface area contributed by atoms with Crippen LogP contribution in [0.1, 0.15) is 43.2 Å². The molecule has 1 N–H and O–H groups in total. The van der Waals surface area contributed by atoms with E-state index in [0.29, 0.717) is 6.04 Å². The number of rotatable bonds is 4. The predicted molar refractivity (Wildman–Crippen MR) is 91.5 cm³/mol. The molecule has 1 aromatic carbocycles. The van der Waals surface area contributed by atoms with Gasteiger partial charge in [-0.1, -0.05) is 6.07 Å². The van der Waals surface area contributed by atoms with E-state index in [4.69, 9.17) is 4.74 Å². The molecule has 0 bridgehead atoms. The van der Waals surface area contributed by atoms with Crippen LogP contribution in [0.4, 0.5) is 0 Å². The summed E-state index contributed by atoms with van der Waals surface area (Å²) in [6.45, 7) is 0. The molecule has 1 unspecified atom stereocenters. The van der Waals surface area contributed by atoms with Gasteiger partial charge < -0.3 is 10.1 Å². The van der Waals surface area contributed by atoms with Gasteiger partial charge in [0.2, 0.25) is 0 Å². The standard InChI is InChI=1S/C18H27NOS/c1-20-17-8-4-13-3-5-16(11-14(13)12-17)19-15-6-9-18(21-2)10-7-15/h4,8,12,15-16,18-19H,3,5-7,9-11H2,1-2H3. The van der Waals surface area contributed by atoms with Crippen molar-refractivity contribution in [1.29, 1.82) is 0 Å². The lowest BCUT2D eigenvalue weighted by atomic mass is 9.86. The van der Waals surface area contributed by atoms with Crippen LogP contribution >= 0.6 is 11.8 Å². The van der Waals surface area contributed by atoms with E-state index in [2.05, 4.69) is 29.8 Å². The highest BCUT2D eigenvalue weighted by atomic mass is 32.2. The minimum atomic E-state index is 0.653. The third-order valence-electron chi connectivity index (χ3n) is 5.12. The Balaban J connectivity index is 1.56. The summed E-state index contributed by atoms with van der Waals surface area (Å²) in [6.07, 6.45) is 11.4. The Morgan fingerprint density at radius 3 is 2.57 bits per heavy atom. The van der Waals surface area contributed by atoms with Gasteiger partial charge in [0.05, 0.1) is 7.11 Å². The van der Waals surface area contributed by atoms with E-state index < -0.39 is 0 Å². The van der Waals surface area contributed by atoms with E-state index in [9.17, 15) is 0 Å². The van der Waals surface area contributed by atoms with Crippen molar-refractivity contribution >= 4 is 11.8 Å². The summed E-state index contributed by atoms with van der Waals surface area (Å²) in [4.78, 5) is 0. The Morgan fingerprint density at radius 2 is 1.86 bits per heavy atom. The van der Waals surface area contributed by atoms with Crippen molar-refractivity contribution in [2.45, 2.75) is 62.3 Å². The first-order valence-corrected chi connectivity index (χ1v) is 9.52. The van der Waals surface area contributed by atoms with Crippen LogP contribution in [-0.2, 0) is 12.8 Å². The van der Waals surface area contributed by atoms with E-state index in [1.54, 1.807) is 7.11 Å². The minimum absolute atomic E-state index is 0.653. The van der Waals surface area contributed by atoms with E-state index in [0.717, 1.165) is 23.5 Å². The lowest BCUT2D eigenvalue weighted by Gasteiger charge is -2.34. The second-order valence-corrected chi connectivity index (χ2v) is 7.59. The molecule has 0 spiro atoms. The second kappa shape index (κ2) is 7.06. The molecule has 0 saturated heterocycles. The molecule has 0 aliphatic heterocycles. The Kier molecular flexibility index (Phi) is 5.12. The maximum absolute atomic E-state index is 5.37. The van der Waals surface area contributed by atoms with Crippen LogP contribution in [0, 0.1) is 0 Å². The number of hydrogen-bond donors (Lipinski definition) is 1. The fraction of sp³-hybridized carbons (Fsp3) is 0.667. The molecule has 3 heteroatoms. The summed E-state index contributed by atoms with van der Waals surface area (Å²) in [5, 5.41) is 4.83. The van der Waals surface area contributed by atoms with Gasteiger partial charge in [-0.15, -0.1) is 0 Å². The van der Waals surface area contributed by atoms with Gasteiger partial charge in [0.25, 0.3) is 0 Å². The molecule has 1 aromatic rings. The van der Waals surface area contributed by atoms with E-state index >= 15 is 0 Å². The highest BCUT2D eigenvalue weighted by molar-refractivity contribution is 7.99. The molecule has 3 rings (SSSR count). The maximum Gasteiger partial charge on any atom is 0.119 e. The first-order chi connectivity index (χ1) is 10.3. The topological polar surface area (TPSA) is 21.3 Å². The van der Waals surface area contributed by atoms with Crippen LogP contribution in [0.25, 0.3) is 0 Å². The third-order valence-corrected chi connectivity index (χ3v) is 6.26. The van der Waals surface area contributed by atoms with E-state index in [1.807, 2.05) is 11.8 Å². The van der Waals surface area contributed by atoms with Gasteiger partial charge in [-0.25, -0.2) is 0 Å². The molecule has 0 radical (unpaired) electrons. The van der Waals surface area contributed by atoms with Gasteiger partial charge in [0.1, 0.15) is 5.75 Å². The number of thioether (sulfide) groups is 1. The second-order valence-electron chi connectivity index (χ2n) is 6.45. The van der Waals surface area contributed by atoms with Crippen LogP contribution in [0.2, 0.25) is 0 Å².